The largest absolute Gasteiger partial charge is 0.294 e. The highest BCUT2D eigenvalue weighted by molar-refractivity contribution is 6.35. The summed E-state index contributed by atoms with van der Waals surface area (Å²) in [6.45, 7) is 0. The fourth-order valence-corrected chi connectivity index (χ4v) is 6.27. The molecule has 0 saturated carbocycles. The van der Waals surface area contributed by atoms with Gasteiger partial charge in [-0.25, -0.2) is 0 Å². The van der Waals surface area contributed by atoms with E-state index in [1.54, 1.807) is 17.0 Å². The van der Waals surface area contributed by atoms with Crippen molar-refractivity contribution < 1.29 is 9.59 Å². The van der Waals surface area contributed by atoms with Gasteiger partial charge in [-0.1, -0.05) is 96.0 Å². The van der Waals surface area contributed by atoms with E-state index in [4.69, 9.17) is 23.2 Å². The summed E-state index contributed by atoms with van der Waals surface area (Å²) in [4.78, 5) is 29.6. The quantitative estimate of drug-likeness (QED) is 0.278. The van der Waals surface area contributed by atoms with E-state index < -0.39 is 5.92 Å². The molecule has 5 heteroatoms. The van der Waals surface area contributed by atoms with Crippen LogP contribution in [0.5, 0.6) is 0 Å². The fraction of sp³-hybridized carbons (Fsp3) is 0.161. The number of hydrogen-bond donors (Lipinski definition) is 0. The Morgan fingerprint density at radius 1 is 0.750 bits per heavy atom. The Kier molecular flexibility index (Phi) is 5.91. The summed E-state index contributed by atoms with van der Waals surface area (Å²) in [6, 6.07) is 29.4. The van der Waals surface area contributed by atoms with Crippen LogP contribution >= 0.6 is 23.2 Å². The molecule has 2 unspecified atom stereocenters. The van der Waals surface area contributed by atoms with E-state index in [1.165, 1.54) is 0 Å². The molecular weight excluding hydrogens is 489 g/mol. The molecule has 1 aliphatic carbocycles. The summed E-state index contributed by atoms with van der Waals surface area (Å²) in [5, 5.41) is 3.03. The highest BCUT2D eigenvalue weighted by Gasteiger charge is 2.43. The van der Waals surface area contributed by atoms with Crippen molar-refractivity contribution in [2.75, 3.05) is 4.90 Å². The summed E-state index contributed by atoms with van der Waals surface area (Å²) in [5.74, 6) is -0.364. The first-order valence-electron chi connectivity index (χ1n) is 12.1. The second-order valence-electron chi connectivity index (χ2n) is 9.45. The Bertz CT molecular complexity index is 1540. The number of allylic oxidation sites excluding steroid dienone is 2. The molecule has 1 amide bonds. The molecule has 4 aromatic carbocycles. The Hall–Kier alpha value is -3.40. The normalized spacial score (nSPS) is 20.1. The molecule has 178 valence electrons. The number of rotatable bonds is 3. The lowest BCUT2D eigenvalue weighted by Gasteiger charge is -2.41. The predicted octanol–water partition coefficient (Wildman–Crippen LogP) is 8.07. The molecule has 36 heavy (non-hydrogen) atoms. The molecule has 3 nitrogen and oxygen atoms in total. The van der Waals surface area contributed by atoms with Gasteiger partial charge in [0.25, 0.3) is 0 Å². The van der Waals surface area contributed by atoms with Crippen molar-refractivity contribution in [1.29, 1.82) is 0 Å². The number of carbonyl (C=O) groups is 2. The molecule has 0 aromatic heterocycles. The minimum Gasteiger partial charge on any atom is -0.294 e. The van der Waals surface area contributed by atoms with Crippen LogP contribution in [0.2, 0.25) is 10.0 Å². The first kappa shape index (κ1) is 23.0. The average molecular weight is 512 g/mol. The van der Waals surface area contributed by atoms with Gasteiger partial charge in [0.2, 0.25) is 5.91 Å². The Labute approximate surface area is 219 Å². The molecule has 0 spiro atoms. The monoisotopic (exact) mass is 511 g/mol. The number of carbonyl (C=O) groups excluding carboxylic acids is 2. The summed E-state index contributed by atoms with van der Waals surface area (Å²) < 4.78 is 0. The number of halogens is 2. The zero-order valence-electron chi connectivity index (χ0n) is 19.5. The highest BCUT2D eigenvalue weighted by Crippen LogP contribution is 2.49. The highest BCUT2D eigenvalue weighted by atomic mass is 35.5. The van der Waals surface area contributed by atoms with Crippen molar-refractivity contribution in [3.8, 4) is 0 Å². The van der Waals surface area contributed by atoms with Gasteiger partial charge < -0.3 is 0 Å². The minimum absolute atomic E-state index is 0.00201. The lowest BCUT2D eigenvalue weighted by molar-refractivity contribution is -0.120. The van der Waals surface area contributed by atoms with Crippen LogP contribution in [-0.4, -0.2) is 11.7 Å². The standard InChI is InChI=1S/C31H23Cl2NO2/c32-22-13-14-24(26(33)17-22)25-18-30(36)34(27-12-6-10-20-9-4-5-11-23(20)27)28-15-21(16-29(35)31(25)28)19-7-2-1-3-8-19/h1-14,17,21,25H,15-16,18H2. The predicted molar refractivity (Wildman–Crippen MR) is 146 cm³/mol. The number of Topliss-reactive ketones (excluding diaryl/α,β-unsaturated/α-hetero) is 1. The number of benzene rings is 4. The van der Waals surface area contributed by atoms with Gasteiger partial charge in [-0.15, -0.1) is 0 Å². The number of ketones is 1. The van der Waals surface area contributed by atoms with Crippen LogP contribution in [0.1, 0.15) is 42.2 Å². The van der Waals surface area contributed by atoms with E-state index >= 15 is 0 Å². The molecule has 1 heterocycles. The van der Waals surface area contributed by atoms with Gasteiger partial charge in [0.15, 0.2) is 5.78 Å². The third kappa shape index (κ3) is 3.93. The maximum absolute atomic E-state index is 13.9. The number of fused-ring (bicyclic) bond motifs is 1. The third-order valence-corrected chi connectivity index (χ3v) is 7.91. The van der Waals surface area contributed by atoms with Gasteiger partial charge in [-0.2, -0.15) is 0 Å². The van der Waals surface area contributed by atoms with Crippen LogP contribution in [-0.2, 0) is 9.59 Å². The molecule has 0 saturated heterocycles. The van der Waals surface area contributed by atoms with Crippen molar-refractivity contribution in [3.05, 3.63) is 123 Å². The van der Waals surface area contributed by atoms with Crippen LogP contribution in [0.15, 0.2) is 102 Å². The molecule has 0 fully saturated rings. The van der Waals surface area contributed by atoms with E-state index in [0.717, 1.165) is 33.3 Å². The molecule has 2 atom stereocenters. The van der Waals surface area contributed by atoms with Gasteiger partial charge in [-0.05, 0) is 47.1 Å². The smallest absolute Gasteiger partial charge is 0.232 e. The molecule has 0 radical (unpaired) electrons. The van der Waals surface area contributed by atoms with E-state index in [1.807, 2.05) is 66.7 Å². The summed E-state index contributed by atoms with van der Waals surface area (Å²) in [6.07, 6.45) is 1.18. The van der Waals surface area contributed by atoms with Gasteiger partial charge in [-0.3, -0.25) is 14.5 Å². The number of nitrogens with zero attached hydrogens (tertiary/aromatic N) is 1. The Morgan fingerprint density at radius 2 is 1.50 bits per heavy atom. The van der Waals surface area contributed by atoms with Crippen LogP contribution in [0, 0.1) is 0 Å². The molecule has 2 aliphatic rings. The Balaban J connectivity index is 1.56. The number of hydrogen-bond acceptors (Lipinski definition) is 2. The molecule has 0 N–H and O–H groups in total. The van der Waals surface area contributed by atoms with Crippen LogP contribution < -0.4 is 4.90 Å². The average Bonchev–Trinajstić information content (AvgIpc) is 2.88. The second-order valence-corrected chi connectivity index (χ2v) is 10.3. The number of amides is 1. The van der Waals surface area contributed by atoms with Gasteiger partial charge in [0.1, 0.15) is 0 Å². The van der Waals surface area contributed by atoms with Gasteiger partial charge in [0, 0.05) is 45.5 Å². The zero-order chi connectivity index (χ0) is 24.8. The fourth-order valence-electron chi connectivity index (χ4n) is 5.73. The molecule has 6 rings (SSSR count). The van der Waals surface area contributed by atoms with Crippen molar-refractivity contribution in [2.45, 2.75) is 31.1 Å². The maximum Gasteiger partial charge on any atom is 0.232 e. The van der Waals surface area contributed by atoms with Crippen LogP contribution in [0.25, 0.3) is 10.8 Å². The second kappa shape index (κ2) is 9.24. The lowest BCUT2D eigenvalue weighted by atomic mass is 9.72. The lowest BCUT2D eigenvalue weighted by Crippen LogP contribution is -2.42. The topological polar surface area (TPSA) is 37.4 Å². The first-order chi connectivity index (χ1) is 17.5. The summed E-state index contributed by atoms with van der Waals surface area (Å²) >= 11 is 12.8. The maximum atomic E-state index is 13.9. The van der Waals surface area contributed by atoms with Crippen LogP contribution in [0.4, 0.5) is 5.69 Å². The SMILES string of the molecule is O=C1CC(c2ccccc2)CC2=C1C(c1ccc(Cl)cc1Cl)CC(=O)N2c1cccc2ccccc12. The first-order valence-corrected chi connectivity index (χ1v) is 12.8. The van der Waals surface area contributed by atoms with Crippen molar-refractivity contribution in [3.63, 3.8) is 0 Å². The van der Waals surface area contributed by atoms with E-state index in [0.29, 0.717) is 28.5 Å². The van der Waals surface area contributed by atoms with E-state index in [-0.39, 0.29) is 24.0 Å². The Morgan fingerprint density at radius 3 is 2.31 bits per heavy atom. The van der Waals surface area contributed by atoms with Gasteiger partial charge in [0.05, 0.1) is 5.69 Å². The van der Waals surface area contributed by atoms with Crippen molar-refractivity contribution in [2.24, 2.45) is 0 Å². The molecule has 4 aromatic rings. The summed E-state index contributed by atoms with van der Waals surface area (Å²) in [7, 11) is 0. The summed E-state index contributed by atoms with van der Waals surface area (Å²) in [5.41, 5.74) is 4.16. The molecule has 1 aliphatic heterocycles. The number of anilines is 1. The van der Waals surface area contributed by atoms with Crippen molar-refractivity contribution in [1.82, 2.24) is 0 Å². The van der Waals surface area contributed by atoms with E-state index in [2.05, 4.69) is 12.1 Å². The zero-order valence-corrected chi connectivity index (χ0v) is 21.0. The molecule has 0 bridgehead atoms. The van der Waals surface area contributed by atoms with E-state index in [9.17, 15) is 9.59 Å². The van der Waals surface area contributed by atoms with Crippen LogP contribution in [0.3, 0.4) is 0 Å². The van der Waals surface area contributed by atoms with Crippen molar-refractivity contribution >= 4 is 51.4 Å². The minimum atomic E-state index is -0.396. The van der Waals surface area contributed by atoms with Gasteiger partial charge >= 0.3 is 0 Å². The molecular formula is C31H23Cl2NO2. The third-order valence-electron chi connectivity index (χ3n) is 7.35.